The Hall–Kier alpha value is -4.33. The molecule has 3 aromatic rings. The van der Waals surface area contributed by atoms with Crippen LogP contribution in [-0.2, 0) is 18.3 Å². The highest BCUT2D eigenvalue weighted by molar-refractivity contribution is 5.95. The van der Waals surface area contributed by atoms with E-state index < -0.39 is 0 Å². The zero-order valence-electron chi connectivity index (χ0n) is 22.6. The summed E-state index contributed by atoms with van der Waals surface area (Å²) in [5.74, 6) is 1.02. The van der Waals surface area contributed by atoms with Crippen molar-refractivity contribution in [1.82, 2.24) is 30.4 Å². The fourth-order valence-electron chi connectivity index (χ4n) is 5.89. The van der Waals surface area contributed by atoms with Crippen LogP contribution in [0.3, 0.4) is 0 Å². The SMILES string of the molecule is Cn1nnnc1-c1cccc(N/C(=N/C#N)N[C@@H]2CCCC[C@H]2C(=O)N2CCC[C@@H](Cc3ccc(F)cc3)C2)c1. The van der Waals surface area contributed by atoms with Gasteiger partial charge in [-0.2, -0.15) is 5.26 Å². The average molecular weight is 544 g/mol. The van der Waals surface area contributed by atoms with Gasteiger partial charge < -0.3 is 15.5 Å². The van der Waals surface area contributed by atoms with Gasteiger partial charge in [0.2, 0.25) is 18.1 Å². The third-order valence-corrected chi connectivity index (χ3v) is 7.84. The van der Waals surface area contributed by atoms with Crippen molar-refractivity contribution in [1.29, 1.82) is 5.26 Å². The van der Waals surface area contributed by atoms with E-state index >= 15 is 0 Å². The Morgan fingerprint density at radius 3 is 2.75 bits per heavy atom. The van der Waals surface area contributed by atoms with Crippen LogP contribution in [0.25, 0.3) is 11.4 Å². The highest BCUT2D eigenvalue weighted by atomic mass is 19.1. The Kier molecular flexibility index (Phi) is 8.64. The predicted molar refractivity (Wildman–Crippen MR) is 149 cm³/mol. The highest BCUT2D eigenvalue weighted by Gasteiger charge is 2.36. The Labute approximate surface area is 233 Å². The summed E-state index contributed by atoms with van der Waals surface area (Å²) in [6.07, 6.45) is 8.34. The summed E-state index contributed by atoms with van der Waals surface area (Å²) in [6, 6.07) is 14.1. The molecule has 0 spiro atoms. The molecule has 3 atom stereocenters. The Morgan fingerprint density at radius 1 is 1.15 bits per heavy atom. The van der Waals surface area contributed by atoms with Crippen LogP contribution in [0.2, 0.25) is 0 Å². The van der Waals surface area contributed by atoms with E-state index in [0.717, 1.165) is 68.3 Å². The van der Waals surface area contributed by atoms with Crippen molar-refractivity contribution in [3.05, 3.63) is 59.9 Å². The van der Waals surface area contributed by atoms with Crippen LogP contribution in [0.4, 0.5) is 10.1 Å². The van der Waals surface area contributed by atoms with E-state index in [-0.39, 0.29) is 23.7 Å². The van der Waals surface area contributed by atoms with Gasteiger partial charge in [-0.15, -0.1) is 10.1 Å². The maximum Gasteiger partial charge on any atom is 0.227 e. The molecule has 1 aromatic heterocycles. The first-order valence-corrected chi connectivity index (χ1v) is 13.9. The van der Waals surface area contributed by atoms with Crippen molar-refractivity contribution >= 4 is 17.6 Å². The predicted octanol–water partition coefficient (Wildman–Crippen LogP) is 3.89. The number of benzene rings is 2. The molecule has 2 fully saturated rings. The number of nitriles is 1. The van der Waals surface area contributed by atoms with Crippen molar-refractivity contribution in [3.63, 3.8) is 0 Å². The number of piperidine rings is 1. The minimum atomic E-state index is -0.232. The number of guanidine groups is 1. The summed E-state index contributed by atoms with van der Waals surface area (Å²) in [4.78, 5) is 19.8. The molecule has 0 bridgehead atoms. The molecule has 0 unspecified atom stereocenters. The van der Waals surface area contributed by atoms with Crippen molar-refractivity contribution in [2.75, 3.05) is 18.4 Å². The van der Waals surface area contributed by atoms with Gasteiger partial charge in [0.25, 0.3) is 0 Å². The molecule has 2 aliphatic rings. The van der Waals surface area contributed by atoms with Crippen LogP contribution in [0.15, 0.2) is 53.5 Å². The van der Waals surface area contributed by atoms with Crippen LogP contribution in [-0.4, -0.2) is 56.1 Å². The van der Waals surface area contributed by atoms with E-state index in [1.54, 1.807) is 11.7 Å². The van der Waals surface area contributed by atoms with Gasteiger partial charge in [0.05, 0.1) is 5.92 Å². The van der Waals surface area contributed by atoms with Gasteiger partial charge in [-0.25, -0.2) is 9.07 Å². The van der Waals surface area contributed by atoms with Gasteiger partial charge in [0.1, 0.15) is 5.82 Å². The first kappa shape index (κ1) is 27.2. The van der Waals surface area contributed by atoms with Crippen molar-refractivity contribution in [2.24, 2.45) is 23.9 Å². The molecule has 1 aliphatic heterocycles. The summed E-state index contributed by atoms with van der Waals surface area (Å²) in [5.41, 5.74) is 2.64. The molecule has 5 rings (SSSR count). The minimum absolute atomic E-state index is 0.135. The lowest BCUT2D eigenvalue weighted by molar-refractivity contribution is -0.139. The summed E-state index contributed by atoms with van der Waals surface area (Å²) in [7, 11) is 1.77. The van der Waals surface area contributed by atoms with Crippen LogP contribution in [0.1, 0.15) is 44.1 Å². The molecule has 208 valence electrons. The fourth-order valence-corrected chi connectivity index (χ4v) is 5.89. The highest BCUT2D eigenvalue weighted by Crippen LogP contribution is 2.29. The number of likely N-dealkylation sites (tertiary alicyclic amines) is 1. The first-order chi connectivity index (χ1) is 19.5. The number of hydrogen-bond donors (Lipinski definition) is 2. The molecule has 1 amide bonds. The second-order valence-electron chi connectivity index (χ2n) is 10.7. The lowest BCUT2D eigenvalue weighted by atomic mass is 9.82. The number of aromatic nitrogens is 4. The lowest BCUT2D eigenvalue weighted by Gasteiger charge is -2.39. The van der Waals surface area contributed by atoms with Gasteiger partial charge in [-0.1, -0.05) is 37.1 Å². The molecule has 2 heterocycles. The number of anilines is 1. The maximum atomic E-state index is 13.8. The van der Waals surface area contributed by atoms with E-state index in [1.165, 1.54) is 12.1 Å². The van der Waals surface area contributed by atoms with Crippen LogP contribution in [0.5, 0.6) is 0 Å². The third-order valence-electron chi connectivity index (χ3n) is 7.84. The van der Waals surface area contributed by atoms with Gasteiger partial charge in [0.15, 0.2) is 5.82 Å². The first-order valence-electron chi connectivity index (χ1n) is 13.9. The number of nitrogens with one attached hydrogen (secondary N) is 2. The van der Waals surface area contributed by atoms with E-state index in [4.69, 9.17) is 0 Å². The second-order valence-corrected chi connectivity index (χ2v) is 10.7. The number of aryl methyl sites for hydroxylation is 1. The summed E-state index contributed by atoms with van der Waals surface area (Å²) >= 11 is 0. The summed E-state index contributed by atoms with van der Waals surface area (Å²) < 4.78 is 14.9. The van der Waals surface area contributed by atoms with Crippen LogP contribution >= 0.6 is 0 Å². The maximum absolute atomic E-state index is 13.8. The number of amides is 1. The van der Waals surface area contributed by atoms with Crippen molar-refractivity contribution in [3.8, 4) is 17.6 Å². The van der Waals surface area contributed by atoms with E-state index in [2.05, 4.69) is 31.2 Å². The van der Waals surface area contributed by atoms with E-state index in [0.29, 0.717) is 24.2 Å². The van der Waals surface area contributed by atoms with Gasteiger partial charge >= 0.3 is 0 Å². The number of carbonyl (C=O) groups excluding carboxylic acids is 1. The van der Waals surface area contributed by atoms with Gasteiger partial charge in [-0.3, -0.25) is 4.79 Å². The zero-order chi connectivity index (χ0) is 27.9. The van der Waals surface area contributed by atoms with Gasteiger partial charge in [-0.05, 0) is 78.3 Å². The fraction of sp³-hybridized carbons (Fsp3) is 0.448. The van der Waals surface area contributed by atoms with E-state index in [1.807, 2.05) is 47.5 Å². The third kappa shape index (κ3) is 6.62. The smallest absolute Gasteiger partial charge is 0.227 e. The summed E-state index contributed by atoms with van der Waals surface area (Å²) in [6.45, 7) is 1.46. The number of nitrogens with zero attached hydrogens (tertiary/aromatic N) is 7. The molecule has 40 heavy (non-hydrogen) atoms. The number of aliphatic imine (C=N–C) groups is 1. The minimum Gasteiger partial charge on any atom is -0.352 e. The van der Waals surface area contributed by atoms with Crippen molar-refractivity contribution in [2.45, 2.75) is 51.0 Å². The van der Waals surface area contributed by atoms with Crippen molar-refractivity contribution < 1.29 is 9.18 Å². The standard InChI is InChI=1S/C29H34FN9O/c1-38-27(35-36-37-38)22-7-4-8-24(17-22)33-29(32-19-31)34-26-10-3-2-9-25(26)28(40)39-15-5-6-21(18-39)16-20-11-13-23(30)14-12-20/h4,7-8,11-14,17,21,25-26H,2-3,5-6,9-10,15-16,18H2,1H3,(H2,32,33,34)/t21-,25+,26+/m0/s1. The normalized spacial score (nSPS) is 21.5. The monoisotopic (exact) mass is 543 g/mol. The van der Waals surface area contributed by atoms with Crippen LogP contribution < -0.4 is 10.6 Å². The Bertz CT molecular complexity index is 1380. The molecule has 2 aromatic carbocycles. The molecule has 1 saturated carbocycles. The Morgan fingerprint density at radius 2 is 1.98 bits per heavy atom. The van der Waals surface area contributed by atoms with E-state index in [9.17, 15) is 14.4 Å². The molecule has 10 nitrogen and oxygen atoms in total. The quantitative estimate of drug-likeness (QED) is 0.275. The number of tetrazole rings is 1. The number of hydrogen-bond acceptors (Lipinski definition) is 6. The van der Waals surface area contributed by atoms with Gasteiger partial charge in [0, 0.05) is 37.4 Å². The molecular weight excluding hydrogens is 509 g/mol. The summed E-state index contributed by atoms with van der Waals surface area (Å²) in [5, 5.41) is 27.6. The number of carbonyl (C=O) groups is 1. The average Bonchev–Trinajstić information content (AvgIpc) is 3.40. The largest absolute Gasteiger partial charge is 0.352 e. The topological polar surface area (TPSA) is 124 Å². The molecule has 11 heteroatoms. The molecule has 1 saturated heterocycles. The Balaban J connectivity index is 1.25. The van der Waals surface area contributed by atoms with Crippen LogP contribution in [0, 0.1) is 29.1 Å². The zero-order valence-corrected chi connectivity index (χ0v) is 22.6. The molecular formula is C29H34FN9O. The molecule has 2 N–H and O–H groups in total. The second kappa shape index (κ2) is 12.7. The molecule has 1 aliphatic carbocycles. The number of rotatable bonds is 6. The number of halogens is 1. The molecule has 0 radical (unpaired) electrons. The lowest BCUT2D eigenvalue weighted by Crippen LogP contribution is -2.52.